The van der Waals surface area contributed by atoms with E-state index >= 15 is 8.78 Å². The van der Waals surface area contributed by atoms with Crippen molar-refractivity contribution < 1.29 is 42.5 Å². The quantitative estimate of drug-likeness (QED) is 0.349. The molecule has 1 amide bonds. The average molecular weight is 579 g/mol. The highest BCUT2D eigenvalue weighted by Gasteiger charge is 2.56. The molecule has 3 atom stereocenters. The normalized spacial score (nSPS) is 21.8. The molecule has 220 valence electrons. The standard InChI is InChI=1S/C27H29F3N4O7/c1-13(35)19-18-9-14(21(26(38)39)34(18)25(19)37)12-41-27(40)16-11-33(4-3-28)22-15(24(16)36)10-17(29)23(20(22)30)32-7-5-31(2)6-8-32/h10-11,13,18-19,35H,3-9,12H2,1-2H3,(H,38,39)/t13-,18-,19-/m1/s1. The molecule has 2 aromatic rings. The molecule has 5 rings (SSSR count). The minimum atomic E-state index is -1.42. The monoisotopic (exact) mass is 578 g/mol. The van der Waals surface area contributed by atoms with E-state index in [2.05, 4.69) is 0 Å². The van der Waals surface area contributed by atoms with E-state index in [0.717, 1.165) is 21.7 Å². The number of carboxylic acid groups (broad SMARTS) is 1. The summed E-state index contributed by atoms with van der Waals surface area (Å²) in [7, 11) is 1.88. The molecular formula is C27H29F3N4O7. The maximum atomic E-state index is 15.8. The summed E-state index contributed by atoms with van der Waals surface area (Å²) in [6.45, 7) is 1.22. The van der Waals surface area contributed by atoms with Crippen LogP contribution in [0.5, 0.6) is 0 Å². The van der Waals surface area contributed by atoms with Gasteiger partial charge in [-0.05, 0) is 26.5 Å². The van der Waals surface area contributed by atoms with Gasteiger partial charge < -0.3 is 34.2 Å². The Morgan fingerprint density at radius 2 is 1.85 bits per heavy atom. The number of pyridine rings is 1. The molecule has 2 fully saturated rings. The van der Waals surface area contributed by atoms with Crippen molar-refractivity contribution in [2.75, 3.05) is 51.4 Å². The molecule has 2 saturated heterocycles. The van der Waals surface area contributed by atoms with Crippen LogP contribution >= 0.6 is 0 Å². The summed E-state index contributed by atoms with van der Waals surface area (Å²) in [5.74, 6) is -6.04. The van der Waals surface area contributed by atoms with Crippen LogP contribution in [0.2, 0.25) is 0 Å². The molecule has 3 aliphatic heterocycles. The van der Waals surface area contributed by atoms with E-state index in [0.29, 0.717) is 26.2 Å². The molecule has 0 saturated carbocycles. The maximum absolute atomic E-state index is 15.8. The maximum Gasteiger partial charge on any atom is 0.352 e. The van der Waals surface area contributed by atoms with Crippen LogP contribution in [0.4, 0.5) is 18.9 Å². The molecule has 4 heterocycles. The summed E-state index contributed by atoms with van der Waals surface area (Å²) in [6, 6.07) is 0.222. The number of β-lactam (4-membered cyclic amide) rings is 1. The summed E-state index contributed by atoms with van der Waals surface area (Å²) in [5, 5.41) is 19.1. The number of amides is 1. The smallest absolute Gasteiger partial charge is 0.352 e. The molecule has 11 nitrogen and oxygen atoms in total. The second kappa shape index (κ2) is 10.8. The number of carbonyl (C=O) groups excluding carboxylic acids is 2. The summed E-state index contributed by atoms with van der Waals surface area (Å²) in [5.41, 5.74) is -2.59. The first kappa shape index (κ1) is 28.6. The van der Waals surface area contributed by atoms with Gasteiger partial charge in [-0.25, -0.2) is 22.8 Å². The van der Waals surface area contributed by atoms with Crippen molar-refractivity contribution in [1.29, 1.82) is 0 Å². The Hall–Kier alpha value is -3.91. The minimum Gasteiger partial charge on any atom is -0.477 e. The molecule has 0 aliphatic carbocycles. The van der Waals surface area contributed by atoms with Gasteiger partial charge in [0, 0.05) is 37.9 Å². The number of anilines is 1. The lowest BCUT2D eigenvalue weighted by Gasteiger charge is -2.44. The third-order valence-corrected chi connectivity index (χ3v) is 7.99. The fourth-order valence-electron chi connectivity index (χ4n) is 5.93. The predicted molar refractivity (Wildman–Crippen MR) is 139 cm³/mol. The second-order valence-electron chi connectivity index (χ2n) is 10.5. The summed E-state index contributed by atoms with van der Waals surface area (Å²) < 4.78 is 50.7. The van der Waals surface area contributed by atoms with Crippen molar-refractivity contribution in [2.24, 2.45) is 5.92 Å². The van der Waals surface area contributed by atoms with E-state index < -0.39 is 83.7 Å². The Bertz CT molecular complexity index is 1530. The number of carbonyl (C=O) groups is 3. The number of hydrogen-bond donors (Lipinski definition) is 2. The highest BCUT2D eigenvalue weighted by Crippen LogP contribution is 2.43. The number of benzene rings is 1. The zero-order chi connectivity index (χ0) is 29.7. The third-order valence-electron chi connectivity index (χ3n) is 7.99. The van der Waals surface area contributed by atoms with Gasteiger partial charge in [0.05, 0.1) is 35.5 Å². The Morgan fingerprint density at radius 1 is 1.17 bits per heavy atom. The number of esters is 1. The lowest BCUT2D eigenvalue weighted by Crippen LogP contribution is -2.61. The predicted octanol–water partition coefficient (Wildman–Crippen LogP) is 1.11. The second-order valence-corrected chi connectivity index (χ2v) is 10.5. The first-order valence-electron chi connectivity index (χ1n) is 13.1. The van der Waals surface area contributed by atoms with Crippen molar-refractivity contribution in [3.63, 3.8) is 0 Å². The fourth-order valence-corrected chi connectivity index (χ4v) is 5.93. The van der Waals surface area contributed by atoms with Crippen LogP contribution in [-0.4, -0.2) is 101 Å². The number of alkyl halides is 1. The number of aliphatic hydroxyl groups is 1. The number of piperazine rings is 1. The molecule has 1 aromatic heterocycles. The number of nitrogens with zero attached hydrogens (tertiary/aromatic N) is 4. The molecule has 0 unspecified atom stereocenters. The molecule has 14 heteroatoms. The number of aromatic nitrogens is 1. The van der Waals surface area contributed by atoms with Gasteiger partial charge >= 0.3 is 11.9 Å². The molecular weight excluding hydrogens is 549 g/mol. The van der Waals surface area contributed by atoms with Crippen LogP contribution in [0.1, 0.15) is 23.7 Å². The van der Waals surface area contributed by atoms with Gasteiger partial charge in [-0.2, -0.15) is 0 Å². The molecule has 0 bridgehead atoms. The number of aliphatic carboxylic acids is 1. The fraction of sp³-hybridized carbons (Fsp3) is 0.481. The number of hydrogen-bond acceptors (Lipinski definition) is 8. The van der Waals surface area contributed by atoms with Gasteiger partial charge in [-0.3, -0.25) is 9.59 Å². The van der Waals surface area contributed by atoms with Gasteiger partial charge in [-0.15, -0.1) is 0 Å². The number of fused-ring (bicyclic) bond motifs is 2. The summed E-state index contributed by atoms with van der Waals surface area (Å²) in [6.07, 6.45) is -0.0291. The largest absolute Gasteiger partial charge is 0.477 e. The third kappa shape index (κ3) is 4.74. The highest BCUT2D eigenvalue weighted by molar-refractivity contribution is 6.00. The SMILES string of the molecule is C[C@@H](O)[C@H]1C(=O)N2C(C(=O)O)=C(COC(=O)c3cn(CCF)c4c(F)c(N5CCN(C)CC5)c(F)cc4c3=O)C[C@H]12. The van der Waals surface area contributed by atoms with Crippen LogP contribution in [-0.2, 0) is 20.9 Å². The van der Waals surface area contributed by atoms with E-state index in [1.165, 1.54) is 11.8 Å². The molecule has 3 aliphatic rings. The molecule has 0 spiro atoms. The first-order chi connectivity index (χ1) is 19.5. The van der Waals surface area contributed by atoms with Crippen LogP contribution in [0.25, 0.3) is 10.9 Å². The average Bonchev–Trinajstić information content (AvgIpc) is 3.24. The van der Waals surface area contributed by atoms with Crippen LogP contribution < -0.4 is 10.3 Å². The number of aliphatic hydroxyl groups excluding tert-OH is 1. The van der Waals surface area contributed by atoms with Gasteiger partial charge in [0.15, 0.2) is 5.82 Å². The van der Waals surface area contributed by atoms with Crippen molar-refractivity contribution >= 4 is 34.4 Å². The Morgan fingerprint density at radius 3 is 2.46 bits per heavy atom. The molecule has 41 heavy (non-hydrogen) atoms. The van der Waals surface area contributed by atoms with Crippen molar-refractivity contribution in [3.8, 4) is 0 Å². The Kier molecular flexibility index (Phi) is 7.55. The van der Waals surface area contributed by atoms with Crippen LogP contribution in [0.3, 0.4) is 0 Å². The van der Waals surface area contributed by atoms with Gasteiger partial charge in [0.25, 0.3) is 0 Å². The topological polar surface area (TPSA) is 133 Å². The molecule has 1 aromatic carbocycles. The molecule has 2 N–H and O–H groups in total. The van der Waals surface area contributed by atoms with E-state index in [-0.39, 0.29) is 28.9 Å². The highest BCUT2D eigenvalue weighted by atomic mass is 19.1. The van der Waals surface area contributed by atoms with Gasteiger partial charge in [0.1, 0.15) is 36.0 Å². The van der Waals surface area contributed by atoms with Gasteiger partial charge in [-0.1, -0.05) is 0 Å². The lowest BCUT2D eigenvalue weighted by atomic mass is 9.83. The van der Waals surface area contributed by atoms with E-state index in [1.54, 1.807) is 0 Å². The number of likely N-dealkylation sites (N-methyl/N-ethyl adjacent to an activating group) is 1. The summed E-state index contributed by atoms with van der Waals surface area (Å²) in [4.78, 5) is 55.1. The van der Waals surface area contributed by atoms with E-state index in [9.17, 15) is 33.8 Å². The van der Waals surface area contributed by atoms with Gasteiger partial charge in [0.2, 0.25) is 11.3 Å². The lowest BCUT2D eigenvalue weighted by molar-refractivity contribution is -0.161. The number of aryl methyl sites for hydroxylation is 1. The molecule has 0 radical (unpaired) electrons. The van der Waals surface area contributed by atoms with E-state index in [4.69, 9.17) is 4.74 Å². The van der Waals surface area contributed by atoms with Crippen molar-refractivity contribution in [2.45, 2.75) is 32.0 Å². The first-order valence-corrected chi connectivity index (χ1v) is 13.1. The van der Waals surface area contributed by atoms with E-state index in [1.807, 2.05) is 11.9 Å². The number of ether oxygens (including phenoxy) is 1. The number of rotatable bonds is 8. The summed E-state index contributed by atoms with van der Waals surface area (Å²) >= 11 is 0. The van der Waals surface area contributed by atoms with Crippen molar-refractivity contribution in [1.82, 2.24) is 14.4 Å². The van der Waals surface area contributed by atoms with Crippen LogP contribution in [0, 0.1) is 17.6 Å². The number of halogens is 3. The zero-order valence-electron chi connectivity index (χ0n) is 22.4. The Balaban J connectivity index is 1.47. The zero-order valence-corrected chi connectivity index (χ0v) is 22.4. The minimum absolute atomic E-state index is 0.0332. The Labute approximate surface area is 232 Å². The number of carboxylic acids is 1. The van der Waals surface area contributed by atoms with Crippen molar-refractivity contribution in [3.05, 3.63) is 51.0 Å². The van der Waals surface area contributed by atoms with Crippen LogP contribution in [0.15, 0.2) is 28.3 Å².